The number of rotatable bonds is 6. The van der Waals surface area contributed by atoms with E-state index in [1.807, 2.05) is 0 Å². The van der Waals surface area contributed by atoms with Crippen LogP contribution in [0.2, 0.25) is 0 Å². The van der Waals surface area contributed by atoms with E-state index in [0.717, 1.165) is 13.1 Å². The van der Waals surface area contributed by atoms with Crippen LogP contribution >= 0.6 is 0 Å². The SMILES string of the molecule is C1CCc2c(CNCCCN3CCCC3)n[nH]c2C1. The van der Waals surface area contributed by atoms with Crippen molar-refractivity contribution in [3.8, 4) is 0 Å². The molecule has 1 aliphatic heterocycles. The van der Waals surface area contributed by atoms with Crippen LogP contribution in [-0.2, 0) is 19.4 Å². The van der Waals surface area contributed by atoms with Crippen molar-refractivity contribution in [3.05, 3.63) is 17.0 Å². The molecule has 19 heavy (non-hydrogen) atoms. The van der Waals surface area contributed by atoms with E-state index in [-0.39, 0.29) is 0 Å². The molecule has 1 saturated heterocycles. The van der Waals surface area contributed by atoms with Crippen molar-refractivity contribution in [1.29, 1.82) is 0 Å². The molecule has 1 aromatic heterocycles. The Hall–Kier alpha value is -0.870. The first-order chi connectivity index (χ1) is 9.43. The molecule has 4 nitrogen and oxygen atoms in total. The molecule has 1 fully saturated rings. The van der Waals surface area contributed by atoms with E-state index in [1.165, 1.54) is 81.5 Å². The van der Waals surface area contributed by atoms with E-state index in [4.69, 9.17) is 0 Å². The second-order valence-electron chi connectivity index (χ2n) is 5.91. The third-order valence-electron chi connectivity index (χ3n) is 4.46. The lowest BCUT2D eigenvalue weighted by atomic mass is 9.96. The molecule has 3 rings (SSSR count). The number of hydrogen-bond donors (Lipinski definition) is 2. The molecule has 2 N–H and O–H groups in total. The van der Waals surface area contributed by atoms with E-state index < -0.39 is 0 Å². The molecule has 0 bridgehead atoms. The molecule has 0 aromatic carbocycles. The summed E-state index contributed by atoms with van der Waals surface area (Å²) < 4.78 is 0. The van der Waals surface area contributed by atoms with Crippen molar-refractivity contribution in [2.45, 2.75) is 51.5 Å². The van der Waals surface area contributed by atoms with Crippen LogP contribution in [0.3, 0.4) is 0 Å². The van der Waals surface area contributed by atoms with Gasteiger partial charge in [0.2, 0.25) is 0 Å². The Labute approximate surface area is 116 Å². The van der Waals surface area contributed by atoms with Crippen LogP contribution in [0.1, 0.15) is 49.1 Å². The number of hydrogen-bond acceptors (Lipinski definition) is 3. The molecule has 1 aliphatic carbocycles. The molecule has 2 heterocycles. The maximum absolute atomic E-state index is 4.47. The Bertz CT molecular complexity index is 393. The predicted molar refractivity (Wildman–Crippen MR) is 77.2 cm³/mol. The lowest BCUT2D eigenvalue weighted by Crippen LogP contribution is -2.25. The number of fused-ring (bicyclic) bond motifs is 1. The van der Waals surface area contributed by atoms with Crippen molar-refractivity contribution < 1.29 is 0 Å². The predicted octanol–water partition coefficient (Wildman–Crippen LogP) is 1.86. The Kier molecular flexibility index (Phi) is 4.51. The van der Waals surface area contributed by atoms with E-state index >= 15 is 0 Å². The van der Waals surface area contributed by atoms with Gasteiger partial charge in [0.15, 0.2) is 0 Å². The summed E-state index contributed by atoms with van der Waals surface area (Å²) in [5.41, 5.74) is 4.15. The summed E-state index contributed by atoms with van der Waals surface area (Å²) in [6, 6.07) is 0. The number of nitrogens with one attached hydrogen (secondary N) is 2. The average molecular weight is 262 g/mol. The first kappa shape index (κ1) is 13.1. The molecule has 1 aromatic rings. The van der Waals surface area contributed by atoms with E-state index in [2.05, 4.69) is 20.4 Å². The quantitative estimate of drug-likeness (QED) is 0.769. The van der Waals surface area contributed by atoms with E-state index in [1.54, 1.807) is 0 Å². The zero-order chi connectivity index (χ0) is 12.9. The van der Waals surface area contributed by atoms with Gasteiger partial charge in [-0.15, -0.1) is 0 Å². The molecule has 0 atom stereocenters. The van der Waals surface area contributed by atoms with Gasteiger partial charge < -0.3 is 10.2 Å². The van der Waals surface area contributed by atoms with Crippen molar-refractivity contribution in [2.24, 2.45) is 0 Å². The van der Waals surface area contributed by atoms with Gasteiger partial charge >= 0.3 is 0 Å². The fraction of sp³-hybridized carbons (Fsp3) is 0.800. The minimum absolute atomic E-state index is 0.936. The summed E-state index contributed by atoms with van der Waals surface area (Å²) >= 11 is 0. The largest absolute Gasteiger partial charge is 0.311 e. The summed E-state index contributed by atoms with van der Waals surface area (Å²) in [5, 5.41) is 11.2. The van der Waals surface area contributed by atoms with Crippen molar-refractivity contribution in [3.63, 3.8) is 0 Å². The van der Waals surface area contributed by atoms with Gasteiger partial charge in [-0.3, -0.25) is 5.10 Å². The first-order valence-electron chi connectivity index (χ1n) is 7.91. The molecular weight excluding hydrogens is 236 g/mol. The average Bonchev–Trinajstić information content (AvgIpc) is 3.08. The van der Waals surface area contributed by atoms with Gasteiger partial charge in [-0.05, 0) is 76.7 Å². The van der Waals surface area contributed by atoms with Crippen LogP contribution in [0.25, 0.3) is 0 Å². The van der Waals surface area contributed by atoms with Crippen molar-refractivity contribution in [2.75, 3.05) is 26.2 Å². The highest BCUT2D eigenvalue weighted by Gasteiger charge is 2.16. The van der Waals surface area contributed by atoms with Crippen LogP contribution in [0.5, 0.6) is 0 Å². The highest BCUT2D eigenvalue weighted by atomic mass is 15.1. The summed E-state index contributed by atoms with van der Waals surface area (Å²) in [7, 11) is 0. The maximum atomic E-state index is 4.47. The lowest BCUT2D eigenvalue weighted by molar-refractivity contribution is 0.331. The molecule has 4 heteroatoms. The van der Waals surface area contributed by atoms with Gasteiger partial charge in [-0.2, -0.15) is 5.10 Å². The number of H-pyrrole nitrogens is 1. The molecular formula is C15H26N4. The Morgan fingerprint density at radius 1 is 1.11 bits per heavy atom. The third-order valence-corrected chi connectivity index (χ3v) is 4.46. The first-order valence-corrected chi connectivity index (χ1v) is 7.91. The smallest absolute Gasteiger partial charge is 0.0794 e. The fourth-order valence-electron chi connectivity index (χ4n) is 3.34. The van der Waals surface area contributed by atoms with Gasteiger partial charge in [0.1, 0.15) is 0 Å². The Morgan fingerprint density at radius 3 is 2.84 bits per heavy atom. The number of likely N-dealkylation sites (tertiary alicyclic amines) is 1. The topological polar surface area (TPSA) is 44.0 Å². The fourth-order valence-corrected chi connectivity index (χ4v) is 3.34. The second kappa shape index (κ2) is 6.53. The van der Waals surface area contributed by atoms with Gasteiger partial charge in [-0.25, -0.2) is 0 Å². The molecule has 0 radical (unpaired) electrons. The third kappa shape index (κ3) is 3.37. The van der Waals surface area contributed by atoms with Crippen LogP contribution in [0.4, 0.5) is 0 Å². The summed E-state index contributed by atoms with van der Waals surface area (Å²) in [6.07, 6.45) is 9.10. The molecule has 2 aliphatic rings. The lowest BCUT2D eigenvalue weighted by Gasteiger charge is -2.14. The van der Waals surface area contributed by atoms with Crippen LogP contribution in [0, 0.1) is 0 Å². The van der Waals surface area contributed by atoms with E-state index in [9.17, 15) is 0 Å². The zero-order valence-electron chi connectivity index (χ0n) is 11.9. The monoisotopic (exact) mass is 262 g/mol. The van der Waals surface area contributed by atoms with Gasteiger partial charge in [0.25, 0.3) is 0 Å². The van der Waals surface area contributed by atoms with Crippen LogP contribution in [0.15, 0.2) is 0 Å². The number of nitrogens with zero attached hydrogens (tertiary/aromatic N) is 2. The normalized spacial score (nSPS) is 19.8. The van der Waals surface area contributed by atoms with E-state index in [0.29, 0.717) is 0 Å². The molecule has 0 saturated carbocycles. The molecule has 0 unspecified atom stereocenters. The standard InChI is InChI=1S/C15H26N4/c1-2-7-14-13(6-1)15(18-17-14)12-16-8-5-11-19-9-3-4-10-19/h16H,1-12H2,(H,17,18). The summed E-state index contributed by atoms with van der Waals surface area (Å²) in [6.45, 7) is 5.93. The maximum Gasteiger partial charge on any atom is 0.0794 e. The number of aromatic amines is 1. The number of aryl methyl sites for hydroxylation is 1. The zero-order valence-corrected chi connectivity index (χ0v) is 11.9. The van der Waals surface area contributed by atoms with Gasteiger partial charge in [0, 0.05) is 12.2 Å². The Balaban J connectivity index is 1.36. The molecule has 106 valence electrons. The number of aromatic nitrogens is 2. The molecule has 0 amide bonds. The minimum atomic E-state index is 0.936. The minimum Gasteiger partial charge on any atom is -0.311 e. The second-order valence-corrected chi connectivity index (χ2v) is 5.91. The highest BCUT2D eigenvalue weighted by molar-refractivity contribution is 5.27. The Morgan fingerprint density at radius 2 is 1.95 bits per heavy atom. The highest BCUT2D eigenvalue weighted by Crippen LogP contribution is 2.21. The summed E-state index contributed by atoms with van der Waals surface area (Å²) in [4.78, 5) is 2.58. The van der Waals surface area contributed by atoms with Crippen molar-refractivity contribution in [1.82, 2.24) is 20.4 Å². The van der Waals surface area contributed by atoms with Crippen LogP contribution < -0.4 is 5.32 Å². The van der Waals surface area contributed by atoms with Gasteiger partial charge in [0.05, 0.1) is 5.69 Å². The van der Waals surface area contributed by atoms with Crippen LogP contribution in [-0.4, -0.2) is 41.3 Å². The van der Waals surface area contributed by atoms with Crippen molar-refractivity contribution >= 4 is 0 Å². The molecule has 0 spiro atoms. The summed E-state index contributed by atoms with van der Waals surface area (Å²) in [5.74, 6) is 0. The van der Waals surface area contributed by atoms with Gasteiger partial charge in [-0.1, -0.05) is 0 Å².